The highest BCUT2D eigenvalue weighted by Gasteiger charge is 2.20. The van der Waals surface area contributed by atoms with Gasteiger partial charge in [0.1, 0.15) is 0 Å². The second-order valence-corrected chi connectivity index (χ2v) is 16.2. The van der Waals surface area contributed by atoms with E-state index in [-0.39, 0.29) is 24.0 Å². The van der Waals surface area contributed by atoms with E-state index in [0.717, 1.165) is 83.3 Å². The molecule has 0 bridgehead atoms. The van der Waals surface area contributed by atoms with Crippen LogP contribution < -0.4 is 0 Å². The van der Waals surface area contributed by atoms with Crippen LogP contribution in [0.2, 0.25) is 0 Å². The smallest absolute Gasteiger partial charge is 0.305 e. The molecule has 0 heterocycles. The van der Waals surface area contributed by atoms with Gasteiger partial charge < -0.3 is 19.5 Å². The maximum atomic E-state index is 12.3. The normalized spacial score (nSPS) is 11.9. The fourth-order valence-electron chi connectivity index (χ4n) is 6.96. The molecule has 0 aliphatic carbocycles. The Labute approximate surface area is 312 Å². The fraction of sp³-hybridized carbons (Fsp3) is 0.955. The van der Waals surface area contributed by atoms with Crippen molar-refractivity contribution in [3.05, 3.63) is 0 Å². The highest BCUT2D eigenvalue weighted by atomic mass is 16.5. The van der Waals surface area contributed by atoms with Crippen molar-refractivity contribution in [1.29, 1.82) is 0 Å². The molecule has 0 aliphatic heterocycles. The van der Waals surface area contributed by atoms with Crippen LogP contribution in [0.25, 0.3) is 0 Å². The number of hydrogen-bond donors (Lipinski definition) is 1. The third kappa shape index (κ3) is 34.0. The van der Waals surface area contributed by atoms with E-state index < -0.39 is 0 Å². The zero-order valence-corrected chi connectivity index (χ0v) is 34.4. The summed E-state index contributed by atoms with van der Waals surface area (Å²) in [6, 6.07) is 0. The number of unbranched alkanes of at least 4 members (excludes halogenated alkanes) is 16. The minimum atomic E-state index is -0.0336. The van der Waals surface area contributed by atoms with E-state index in [9.17, 15) is 14.7 Å². The van der Waals surface area contributed by atoms with Crippen LogP contribution in [0.3, 0.4) is 0 Å². The molecule has 6 heteroatoms. The molecule has 0 aromatic heterocycles. The molecule has 0 fully saturated rings. The third-order valence-corrected chi connectivity index (χ3v) is 10.4. The van der Waals surface area contributed by atoms with E-state index in [1.54, 1.807) is 0 Å². The Morgan fingerprint density at radius 3 is 1.54 bits per heavy atom. The van der Waals surface area contributed by atoms with Gasteiger partial charge in [0.25, 0.3) is 0 Å². The second kappa shape index (κ2) is 36.2. The topological polar surface area (TPSA) is 76.1 Å². The van der Waals surface area contributed by atoms with Gasteiger partial charge in [-0.3, -0.25) is 9.59 Å². The Hall–Kier alpha value is -1.14. The predicted octanol–water partition coefficient (Wildman–Crippen LogP) is 12.4. The molecule has 6 nitrogen and oxygen atoms in total. The van der Waals surface area contributed by atoms with Gasteiger partial charge in [-0.2, -0.15) is 0 Å². The zero-order chi connectivity index (χ0) is 37.0. The Morgan fingerprint density at radius 1 is 0.540 bits per heavy atom. The van der Waals surface area contributed by atoms with Crippen molar-refractivity contribution in [3.63, 3.8) is 0 Å². The lowest BCUT2D eigenvalue weighted by Crippen LogP contribution is -2.28. The summed E-state index contributed by atoms with van der Waals surface area (Å²) in [5, 5.41) is 9.39. The monoisotopic (exact) mass is 710 g/mol. The zero-order valence-electron chi connectivity index (χ0n) is 34.4. The lowest BCUT2D eigenvalue weighted by molar-refractivity contribution is -0.147. The maximum absolute atomic E-state index is 12.3. The van der Waals surface area contributed by atoms with Gasteiger partial charge in [-0.25, -0.2) is 0 Å². The number of nitrogens with zero attached hydrogens (tertiary/aromatic N) is 1. The highest BCUT2D eigenvalue weighted by Crippen LogP contribution is 2.25. The Morgan fingerprint density at radius 2 is 0.980 bits per heavy atom. The molecule has 0 aromatic rings. The molecule has 0 aromatic carbocycles. The van der Waals surface area contributed by atoms with Crippen molar-refractivity contribution in [2.24, 2.45) is 11.3 Å². The van der Waals surface area contributed by atoms with Gasteiger partial charge in [-0.05, 0) is 75.8 Å². The van der Waals surface area contributed by atoms with Crippen LogP contribution in [0.15, 0.2) is 0 Å². The first-order valence-corrected chi connectivity index (χ1v) is 21.9. The number of aliphatic hydroxyl groups excluding tert-OH is 1. The molecule has 1 N–H and O–H groups in total. The van der Waals surface area contributed by atoms with Crippen LogP contribution in [0, 0.1) is 11.3 Å². The fourth-order valence-corrected chi connectivity index (χ4v) is 6.96. The largest absolute Gasteiger partial charge is 0.466 e. The second-order valence-electron chi connectivity index (χ2n) is 16.2. The summed E-state index contributed by atoms with van der Waals surface area (Å²) in [6.07, 6.45) is 33.4. The Bertz CT molecular complexity index is 732. The van der Waals surface area contributed by atoms with E-state index in [0.29, 0.717) is 26.1 Å². The van der Waals surface area contributed by atoms with E-state index in [1.165, 1.54) is 116 Å². The summed E-state index contributed by atoms with van der Waals surface area (Å²) in [5.74, 6) is 0.753. The third-order valence-electron chi connectivity index (χ3n) is 10.4. The summed E-state index contributed by atoms with van der Waals surface area (Å²) in [6.45, 7) is 15.7. The van der Waals surface area contributed by atoms with Gasteiger partial charge in [-0.15, -0.1) is 0 Å². The molecular formula is C44H87NO5. The quantitative estimate of drug-likeness (QED) is 0.0506. The molecule has 298 valence electrons. The lowest BCUT2D eigenvalue weighted by atomic mass is 9.88. The standard InChI is InChI=1S/C44H87NO5/c1-6-9-12-13-14-16-23-33-43(48)50-40-44(4,5)34-24-19-26-36-45(37-28-38-46)35-25-18-15-17-22-32-42(47)49-39-27-31-41(29-20-10-7-2)30-21-11-8-3/h41,46H,6-40H2,1-5H3. The van der Waals surface area contributed by atoms with Crippen LogP contribution in [-0.2, 0) is 19.1 Å². The number of carbonyl (C=O) groups is 2. The average molecular weight is 710 g/mol. The van der Waals surface area contributed by atoms with E-state index >= 15 is 0 Å². The van der Waals surface area contributed by atoms with Gasteiger partial charge in [0.2, 0.25) is 0 Å². The van der Waals surface area contributed by atoms with Crippen molar-refractivity contribution in [3.8, 4) is 0 Å². The van der Waals surface area contributed by atoms with Crippen molar-refractivity contribution in [2.75, 3.05) is 39.5 Å². The number of aliphatic hydroxyl groups is 1. The van der Waals surface area contributed by atoms with Crippen molar-refractivity contribution < 1.29 is 24.2 Å². The van der Waals surface area contributed by atoms with Gasteiger partial charge in [0.05, 0.1) is 13.2 Å². The van der Waals surface area contributed by atoms with Crippen LogP contribution in [0.1, 0.15) is 221 Å². The molecule has 50 heavy (non-hydrogen) atoms. The number of hydrogen-bond acceptors (Lipinski definition) is 6. The van der Waals surface area contributed by atoms with Crippen LogP contribution >= 0.6 is 0 Å². The summed E-state index contributed by atoms with van der Waals surface area (Å²) in [5.41, 5.74) is 0.0217. The molecule has 0 amide bonds. The first-order valence-electron chi connectivity index (χ1n) is 21.9. The molecular weight excluding hydrogens is 622 g/mol. The molecule has 0 aliphatic rings. The SMILES string of the molecule is CCCCCCCCCC(=O)OCC(C)(C)CCCCCN(CCCO)CCCCCCCC(=O)OCCCC(CCCCC)CCCCC. The van der Waals surface area contributed by atoms with Gasteiger partial charge in [-0.1, -0.05) is 157 Å². The molecule has 0 rings (SSSR count). The molecule has 0 radical (unpaired) electrons. The van der Waals surface area contributed by atoms with E-state index in [1.807, 2.05) is 0 Å². The minimum Gasteiger partial charge on any atom is -0.466 e. The first-order chi connectivity index (χ1) is 24.3. The molecule has 0 unspecified atom stereocenters. The van der Waals surface area contributed by atoms with Crippen LogP contribution in [-0.4, -0.2) is 61.4 Å². The van der Waals surface area contributed by atoms with Gasteiger partial charge in [0, 0.05) is 26.0 Å². The number of carbonyl (C=O) groups excluding carboxylic acids is 2. The number of rotatable bonds is 39. The summed E-state index contributed by atoms with van der Waals surface area (Å²) in [7, 11) is 0. The van der Waals surface area contributed by atoms with Crippen molar-refractivity contribution in [2.45, 2.75) is 221 Å². The van der Waals surface area contributed by atoms with Gasteiger partial charge in [0.15, 0.2) is 0 Å². The van der Waals surface area contributed by atoms with Crippen molar-refractivity contribution in [1.82, 2.24) is 4.90 Å². The highest BCUT2D eigenvalue weighted by molar-refractivity contribution is 5.69. The Balaban J connectivity index is 3.98. The molecule has 0 spiro atoms. The molecule has 0 saturated carbocycles. The molecule has 0 atom stereocenters. The summed E-state index contributed by atoms with van der Waals surface area (Å²) >= 11 is 0. The number of esters is 2. The van der Waals surface area contributed by atoms with E-state index in [2.05, 4.69) is 39.5 Å². The minimum absolute atomic E-state index is 0.0168. The summed E-state index contributed by atoms with van der Waals surface area (Å²) in [4.78, 5) is 27.0. The average Bonchev–Trinajstić information content (AvgIpc) is 3.10. The summed E-state index contributed by atoms with van der Waals surface area (Å²) < 4.78 is 11.2. The van der Waals surface area contributed by atoms with Crippen molar-refractivity contribution >= 4 is 11.9 Å². The predicted molar refractivity (Wildman–Crippen MR) is 214 cm³/mol. The molecule has 0 saturated heterocycles. The van der Waals surface area contributed by atoms with Gasteiger partial charge >= 0.3 is 11.9 Å². The van der Waals surface area contributed by atoms with E-state index in [4.69, 9.17) is 9.47 Å². The number of ether oxygens (including phenoxy) is 2. The first kappa shape index (κ1) is 48.9. The van der Waals surface area contributed by atoms with Crippen LogP contribution in [0.4, 0.5) is 0 Å². The maximum Gasteiger partial charge on any atom is 0.305 e. The van der Waals surface area contributed by atoms with Crippen LogP contribution in [0.5, 0.6) is 0 Å². The Kier molecular flexibility index (Phi) is 35.4. The lowest BCUT2D eigenvalue weighted by Gasteiger charge is -2.25.